The van der Waals surface area contributed by atoms with Crippen LogP contribution in [0.3, 0.4) is 0 Å². The van der Waals surface area contributed by atoms with E-state index in [2.05, 4.69) is 12.2 Å². The van der Waals surface area contributed by atoms with Crippen molar-refractivity contribution < 1.29 is 9.53 Å². The molecule has 1 amide bonds. The molecule has 0 aliphatic rings. The molecule has 1 rings (SSSR count). The average Bonchev–Trinajstić information content (AvgIpc) is 2.42. The smallest absolute Gasteiger partial charge is 0.260 e. The first-order valence-corrected chi connectivity index (χ1v) is 6.76. The lowest BCUT2D eigenvalue weighted by Gasteiger charge is -2.17. The molecule has 0 aromatic heterocycles. The second-order valence-corrected chi connectivity index (χ2v) is 4.54. The van der Waals surface area contributed by atoms with E-state index < -0.39 is 0 Å². The number of rotatable bonds is 7. The number of carbonyl (C=O) groups excluding carboxylic acids is 1. The highest BCUT2D eigenvalue weighted by Crippen LogP contribution is 2.23. The lowest BCUT2D eigenvalue weighted by atomic mass is 10.1. The van der Waals surface area contributed by atoms with Gasteiger partial charge in [-0.15, -0.1) is 0 Å². The van der Waals surface area contributed by atoms with Gasteiger partial charge in [0, 0.05) is 25.7 Å². The number of aryl methyl sites for hydroxylation is 1. The molecule has 4 nitrogen and oxygen atoms in total. The van der Waals surface area contributed by atoms with Crippen molar-refractivity contribution in [2.24, 2.45) is 0 Å². The number of ether oxygens (including phenoxy) is 1. The van der Waals surface area contributed by atoms with Gasteiger partial charge in [-0.3, -0.25) is 4.79 Å². The Kier molecular flexibility index (Phi) is 6.36. The Bertz CT molecular complexity index is 419. The van der Waals surface area contributed by atoms with Gasteiger partial charge in [0.05, 0.1) is 0 Å². The zero-order chi connectivity index (χ0) is 14.3. The first kappa shape index (κ1) is 15.5. The molecule has 1 aromatic rings. The zero-order valence-corrected chi connectivity index (χ0v) is 12.3. The number of likely N-dealkylation sites (N-methyl/N-ethyl adjacent to an activating group) is 1. The number of benzene rings is 1. The number of hydrogen-bond donors (Lipinski definition) is 1. The van der Waals surface area contributed by atoms with Crippen molar-refractivity contribution in [3.05, 3.63) is 29.3 Å². The number of nitrogens with one attached hydrogen (secondary N) is 1. The van der Waals surface area contributed by atoms with E-state index in [1.165, 1.54) is 0 Å². The molecule has 0 spiro atoms. The number of nitrogens with zero attached hydrogens (tertiary/aromatic N) is 1. The van der Waals surface area contributed by atoms with Crippen LogP contribution in [0.1, 0.15) is 25.0 Å². The summed E-state index contributed by atoms with van der Waals surface area (Å²) >= 11 is 0. The lowest BCUT2D eigenvalue weighted by molar-refractivity contribution is -0.131. The minimum atomic E-state index is 0.000142. The standard InChI is InChI=1S/C15H24N2O2/c1-5-16-10-13-9-7-8-12(3)15(13)19-11-14(18)17(4)6-2/h7-9,16H,5-6,10-11H2,1-4H3. The topological polar surface area (TPSA) is 41.6 Å². The van der Waals surface area contributed by atoms with Crippen molar-refractivity contribution in [3.8, 4) is 5.75 Å². The minimum absolute atomic E-state index is 0.000142. The summed E-state index contributed by atoms with van der Waals surface area (Å²) in [5.74, 6) is 0.821. The summed E-state index contributed by atoms with van der Waals surface area (Å²) in [5.41, 5.74) is 2.15. The summed E-state index contributed by atoms with van der Waals surface area (Å²) in [6, 6.07) is 6.03. The molecule has 0 aliphatic carbocycles. The zero-order valence-electron chi connectivity index (χ0n) is 12.3. The molecular weight excluding hydrogens is 240 g/mol. The van der Waals surface area contributed by atoms with Gasteiger partial charge in [-0.25, -0.2) is 0 Å². The van der Waals surface area contributed by atoms with Crippen molar-refractivity contribution in [1.29, 1.82) is 0 Å². The molecule has 106 valence electrons. The molecule has 0 unspecified atom stereocenters. The van der Waals surface area contributed by atoms with Crippen LogP contribution in [0.4, 0.5) is 0 Å². The first-order chi connectivity index (χ1) is 9.10. The molecule has 0 aliphatic heterocycles. The third-order valence-electron chi connectivity index (χ3n) is 3.10. The fraction of sp³-hybridized carbons (Fsp3) is 0.533. The molecule has 0 saturated carbocycles. The molecule has 1 N–H and O–H groups in total. The Morgan fingerprint density at radius 3 is 2.74 bits per heavy atom. The molecule has 0 bridgehead atoms. The third kappa shape index (κ3) is 4.56. The highest BCUT2D eigenvalue weighted by atomic mass is 16.5. The Labute approximate surface area is 115 Å². The number of amides is 1. The summed E-state index contributed by atoms with van der Waals surface area (Å²) in [5, 5.41) is 3.28. The molecule has 19 heavy (non-hydrogen) atoms. The number of hydrogen-bond acceptors (Lipinski definition) is 3. The van der Waals surface area contributed by atoms with Gasteiger partial charge < -0.3 is 15.0 Å². The Hall–Kier alpha value is -1.55. The molecule has 0 atom stereocenters. The molecule has 0 radical (unpaired) electrons. The van der Waals surface area contributed by atoms with Crippen molar-refractivity contribution in [2.75, 3.05) is 26.7 Å². The van der Waals surface area contributed by atoms with Crippen molar-refractivity contribution in [2.45, 2.75) is 27.3 Å². The van der Waals surface area contributed by atoms with E-state index in [4.69, 9.17) is 4.74 Å². The fourth-order valence-electron chi connectivity index (χ4n) is 1.74. The normalized spacial score (nSPS) is 10.3. The average molecular weight is 264 g/mol. The van der Waals surface area contributed by atoms with Gasteiger partial charge in [-0.1, -0.05) is 25.1 Å². The predicted molar refractivity (Wildman–Crippen MR) is 77.4 cm³/mol. The second kappa shape index (κ2) is 7.79. The van der Waals surface area contributed by atoms with Gasteiger partial charge in [0.1, 0.15) is 5.75 Å². The van der Waals surface area contributed by atoms with E-state index >= 15 is 0 Å². The second-order valence-electron chi connectivity index (χ2n) is 4.54. The van der Waals surface area contributed by atoms with Crippen LogP contribution >= 0.6 is 0 Å². The summed E-state index contributed by atoms with van der Waals surface area (Å²) < 4.78 is 5.72. The van der Waals surface area contributed by atoms with Gasteiger partial charge in [0.25, 0.3) is 5.91 Å². The quantitative estimate of drug-likeness (QED) is 0.818. The largest absolute Gasteiger partial charge is 0.483 e. The van der Waals surface area contributed by atoms with Crippen LogP contribution in [0.5, 0.6) is 5.75 Å². The van der Waals surface area contributed by atoms with Crippen LogP contribution < -0.4 is 10.1 Å². The van der Waals surface area contributed by atoms with Crippen molar-refractivity contribution in [1.82, 2.24) is 10.2 Å². The predicted octanol–water partition coefficient (Wildman–Crippen LogP) is 1.96. The summed E-state index contributed by atoms with van der Waals surface area (Å²) in [7, 11) is 1.78. The van der Waals surface area contributed by atoms with Gasteiger partial charge in [-0.05, 0) is 26.0 Å². The summed E-state index contributed by atoms with van der Waals surface area (Å²) in [6.45, 7) is 8.46. The van der Waals surface area contributed by atoms with Crippen LogP contribution in [0, 0.1) is 6.92 Å². The highest BCUT2D eigenvalue weighted by Gasteiger charge is 2.11. The maximum Gasteiger partial charge on any atom is 0.260 e. The van der Waals surface area contributed by atoms with Crippen LogP contribution in [0.25, 0.3) is 0 Å². The van der Waals surface area contributed by atoms with Gasteiger partial charge >= 0.3 is 0 Å². The Morgan fingerprint density at radius 2 is 2.11 bits per heavy atom. The molecule has 1 aromatic carbocycles. The number of para-hydroxylation sites is 1. The van der Waals surface area contributed by atoms with E-state index in [0.29, 0.717) is 6.54 Å². The van der Waals surface area contributed by atoms with Gasteiger partial charge in [0.15, 0.2) is 6.61 Å². The van der Waals surface area contributed by atoms with Gasteiger partial charge in [-0.2, -0.15) is 0 Å². The molecular formula is C15H24N2O2. The molecule has 0 heterocycles. The lowest BCUT2D eigenvalue weighted by Crippen LogP contribution is -2.31. The van der Waals surface area contributed by atoms with E-state index in [1.807, 2.05) is 32.0 Å². The van der Waals surface area contributed by atoms with E-state index in [0.717, 1.165) is 30.0 Å². The number of carbonyl (C=O) groups is 1. The Morgan fingerprint density at radius 1 is 1.37 bits per heavy atom. The SMILES string of the molecule is CCNCc1cccc(C)c1OCC(=O)N(C)CC. The van der Waals surface area contributed by atoms with Crippen LogP contribution in [-0.2, 0) is 11.3 Å². The monoisotopic (exact) mass is 264 g/mol. The van der Waals surface area contributed by atoms with Crippen molar-refractivity contribution in [3.63, 3.8) is 0 Å². The molecule has 0 fully saturated rings. The van der Waals surface area contributed by atoms with E-state index in [-0.39, 0.29) is 12.5 Å². The highest BCUT2D eigenvalue weighted by molar-refractivity contribution is 5.77. The maximum absolute atomic E-state index is 11.8. The summed E-state index contributed by atoms with van der Waals surface area (Å²) in [6.07, 6.45) is 0. The van der Waals surface area contributed by atoms with Crippen molar-refractivity contribution >= 4 is 5.91 Å². The van der Waals surface area contributed by atoms with Crippen LogP contribution in [-0.4, -0.2) is 37.6 Å². The van der Waals surface area contributed by atoms with Crippen LogP contribution in [0.2, 0.25) is 0 Å². The first-order valence-electron chi connectivity index (χ1n) is 6.76. The fourth-order valence-corrected chi connectivity index (χ4v) is 1.74. The molecule has 4 heteroatoms. The Balaban J connectivity index is 2.73. The van der Waals surface area contributed by atoms with Crippen LogP contribution in [0.15, 0.2) is 18.2 Å². The van der Waals surface area contributed by atoms with E-state index in [9.17, 15) is 4.79 Å². The van der Waals surface area contributed by atoms with E-state index in [1.54, 1.807) is 11.9 Å². The minimum Gasteiger partial charge on any atom is -0.483 e. The summed E-state index contributed by atoms with van der Waals surface area (Å²) in [4.78, 5) is 13.4. The van der Waals surface area contributed by atoms with Gasteiger partial charge in [0.2, 0.25) is 0 Å². The third-order valence-corrected chi connectivity index (χ3v) is 3.10. The molecule has 0 saturated heterocycles. The maximum atomic E-state index is 11.8.